The summed E-state index contributed by atoms with van der Waals surface area (Å²) >= 11 is 6.07. The van der Waals surface area contributed by atoms with Gasteiger partial charge in [-0.1, -0.05) is 13.8 Å². The number of hydrogen-bond acceptors (Lipinski definition) is 1. The fourth-order valence-electron chi connectivity index (χ4n) is 2.25. The summed E-state index contributed by atoms with van der Waals surface area (Å²) in [6.45, 7) is 4.56. The molecule has 106 valence electrons. The van der Waals surface area contributed by atoms with E-state index in [4.69, 9.17) is 11.6 Å². The maximum absolute atomic E-state index is 12.9. The summed E-state index contributed by atoms with van der Waals surface area (Å²) in [6, 6.07) is 0. The van der Waals surface area contributed by atoms with Crippen molar-refractivity contribution in [1.82, 2.24) is 5.32 Å². The smallest absolute Gasteiger partial charge is 0.248 e. The first-order valence-electron chi connectivity index (χ1n) is 6.60. The Bertz CT molecular complexity index is 274. The van der Waals surface area contributed by atoms with Gasteiger partial charge in [0.1, 0.15) is 0 Å². The number of rotatable bonds is 5. The van der Waals surface area contributed by atoms with Crippen LogP contribution in [0.2, 0.25) is 0 Å². The average molecular weight is 282 g/mol. The predicted molar refractivity (Wildman–Crippen MR) is 69.0 cm³/mol. The predicted octanol–water partition coefficient (Wildman–Crippen LogP) is 3.58. The molecule has 0 bridgehead atoms. The molecule has 0 radical (unpaired) electrons. The van der Waals surface area contributed by atoms with Crippen molar-refractivity contribution in [1.29, 1.82) is 0 Å². The van der Waals surface area contributed by atoms with Crippen molar-refractivity contribution < 1.29 is 13.6 Å². The van der Waals surface area contributed by atoms with Crippen LogP contribution in [0.25, 0.3) is 0 Å². The molecule has 1 aliphatic carbocycles. The quantitative estimate of drug-likeness (QED) is 0.767. The zero-order chi connectivity index (χ0) is 13.8. The minimum atomic E-state index is -2.58. The lowest BCUT2D eigenvalue weighted by molar-refractivity contribution is -0.129. The molecule has 1 N–H and O–H groups in total. The molecule has 0 aromatic rings. The van der Waals surface area contributed by atoms with Crippen molar-refractivity contribution in [2.75, 3.05) is 6.54 Å². The minimum absolute atomic E-state index is 0.0843. The van der Waals surface area contributed by atoms with E-state index in [1.54, 1.807) is 0 Å². The van der Waals surface area contributed by atoms with Crippen LogP contribution in [0, 0.1) is 11.8 Å². The van der Waals surface area contributed by atoms with Crippen molar-refractivity contribution in [2.24, 2.45) is 11.8 Å². The third-order valence-electron chi connectivity index (χ3n) is 3.31. The maximum Gasteiger partial charge on any atom is 0.248 e. The van der Waals surface area contributed by atoms with E-state index in [0.29, 0.717) is 12.5 Å². The number of halogens is 3. The van der Waals surface area contributed by atoms with Crippen molar-refractivity contribution >= 4 is 17.5 Å². The first kappa shape index (κ1) is 15.7. The lowest BCUT2D eigenvalue weighted by Crippen LogP contribution is -2.38. The largest absolute Gasteiger partial charge is 0.354 e. The van der Waals surface area contributed by atoms with Crippen LogP contribution in [-0.2, 0) is 4.79 Å². The lowest BCUT2D eigenvalue weighted by Gasteiger charge is -2.27. The van der Waals surface area contributed by atoms with E-state index in [9.17, 15) is 13.6 Å². The monoisotopic (exact) mass is 281 g/mol. The van der Waals surface area contributed by atoms with E-state index in [0.717, 1.165) is 6.42 Å². The van der Waals surface area contributed by atoms with E-state index in [1.807, 2.05) is 0 Å². The van der Waals surface area contributed by atoms with Gasteiger partial charge in [-0.2, -0.15) is 0 Å². The summed E-state index contributed by atoms with van der Waals surface area (Å²) in [5.74, 6) is -2.49. The molecule has 0 saturated heterocycles. The van der Waals surface area contributed by atoms with E-state index in [2.05, 4.69) is 19.2 Å². The van der Waals surface area contributed by atoms with Gasteiger partial charge < -0.3 is 5.32 Å². The third kappa shape index (κ3) is 5.51. The van der Waals surface area contributed by atoms with E-state index in [-0.39, 0.29) is 42.9 Å². The van der Waals surface area contributed by atoms with Gasteiger partial charge in [0, 0.05) is 25.3 Å². The molecule has 1 unspecified atom stereocenters. The Balaban J connectivity index is 2.25. The topological polar surface area (TPSA) is 29.1 Å². The molecule has 0 spiro atoms. The van der Waals surface area contributed by atoms with Gasteiger partial charge in [0.05, 0.1) is 5.38 Å². The SMILES string of the molecule is CC(C)CC(Cl)CNC(=O)C1CCC(F)(F)CC1. The number of hydrogen-bond donors (Lipinski definition) is 1. The second-order valence-electron chi connectivity index (χ2n) is 5.60. The van der Waals surface area contributed by atoms with Crippen LogP contribution in [0.15, 0.2) is 0 Å². The standard InChI is InChI=1S/C13H22ClF2NO/c1-9(2)7-11(14)8-17-12(18)10-3-5-13(15,16)6-4-10/h9-11H,3-8H2,1-2H3,(H,17,18). The van der Waals surface area contributed by atoms with Crippen LogP contribution in [0.3, 0.4) is 0 Å². The van der Waals surface area contributed by atoms with Crippen LogP contribution < -0.4 is 5.32 Å². The van der Waals surface area contributed by atoms with Gasteiger partial charge in [-0.25, -0.2) is 8.78 Å². The van der Waals surface area contributed by atoms with Gasteiger partial charge in [-0.3, -0.25) is 4.79 Å². The van der Waals surface area contributed by atoms with Gasteiger partial charge >= 0.3 is 0 Å². The first-order valence-corrected chi connectivity index (χ1v) is 7.03. The minimum Gasteiger partial charge on any atom is -0.354 e. The van der Waals surface area contributed by atoms with Gasteiger partial charge in [0.15, 0.2) is 0 Å². The molecule has 1 fully saturated rings. The molecule has 0 heterocycles. The van der Waals surface area contributed by atoms with Gasteiger partial charge in [-0.15, -0.1) is 11.6 Å². The maximum atomic E-state index is 12.9. The Morgan fingerprint density at radius 1 is 1.39 bits per heavy atom. The number of alkyl halides is 3. The second kappa shape index (κ2) is 6.69. The highest BCUT2D eigenvalue weighted by Gasteiger charge is 2.37. The van der Waals surface area contributed by atoms with Crippen LogP contribution in [0.5, 0.6) is 0 Å². The molecule has 1 atom stereocenters. The average Bonchev–Trinajstić information content (AvgIpc) is 2.25. The van der Waals surface area contributed by atoms with E-state index < -0.39 is 5.92 Å². The molecule has 1 aliphatic rings. The summed E-state index contributed by atoms with van der Waals surface area (Å²) < 4.78 is 25.9. The van der Waals surface area contributed by atoms with Crippen molar-refractivity contribution in [3.05, 3.63) is 0 Å². The lowest BCUT2D eigenvalue weighted by atomic mass is 9.86. The van der Waals surface area contributed by atoms with Crippen LogP contribution in [-0.4, -0.2) is 23.8 Å². The van der Waals surface area contributed by atoms with Crippen LogP contribution in [0.4, 0.5) is 8.78 Å². The highest BCUT2D eigenvalue weighted by molar-refractivity contribution is 6.20. The Morgan fingerprint density at radius 2 is 1.94 bits per heavy atom. The van der Waals surface area contributed by atoms with Crippen LogP contribution >= 0.6 is 11.6 Å². The fourth-order valence-corrected chi connectivity index (χ4v) is 2.69. The Kier molecular flexibility index (Phi) is 5.83. The summed E-state index contributed by atoms with van der Waals surface area (Å²) in [7, 11) is 0. The molecule has 5 heteroatoms. The first-order chi connectivity index (χ1) is 8.30. The molecule has 2 nitrogen and oxygen atoms in total. The number of nitrogens with one attached hydrogen (secondary N) is 1. The molecule has 18 heavy (non-hydrogen) atoms. The Morgan fingerprint density at radius 3 is 2.44 bits per heavy atom. The van der Waals surface area contributed by atoms with Gasteiger partial charge in [0.25, 0.3) is 0 Å². The molecule has 1 amide bonds. The van der Waals surface area contributed by atoms with E-state index in [1.165, 1.54) is 0 Å². The summed E-state index contributed by atoms with van der Waals surface area (Å²) in [5, 5.41) is 2.68. The highest BCUT2D eigenvalue weighted by atomic mass is 35.5. The molecule has 1 rings (SSSR count). The summed E-state index contributed by atoms with van der Waals surface area (Å²) in [6.07, 6.45) is 1.03. The van der Waals surface area contributed by atoms with Crippen molar-refractivity contribution in [3.63, 3.8) is 0 Å². The molecular weight excluding hydrogens is 260 g/mol. The molecule has 0 aromatic heterocycles. The third-order valence-corrected chi connectivity index (χ3v) is 3.65. The normalized spacial score (nSPS) is 21.9. The zero-order valence-corrected chi connectivity index (χ0v) is 11.8. The molecule has 0 aromatic carbocycles. The van der Waals surface area contributed by atoms with Crippen molar-refractivity contribution in [3.8, 4) is 0 Å². The Labute approximate surface area is 112 Å². The molecule has 1 saturated carbocycles. The molecule has 0 aliphatic heterocycles. The van der Waals surface area contributed by atoms with Gasteiger partial charge in [-0.05, 0) is 25.2 Å². The number of amides is 1. The molecular formula is C13H22ClF2NO. The summed E-state index contributed by atoms with van der Waals surface area (Å²) in [5.41, 5.74) is 0. The highest BCUT2D eigenvalue weighted by Crippen LogP contribution is 2.36. The van der Waals surface area contributed by atoms with Crippen LogP contribution in [0.1, 0.15) is 46.0 Å². The summed E-state index contributed by atoms with van der Waals surface area (Å²) in [4.78, 5) is 11.8. The second-order valence-corrected chi connectivity index (χ2v) is 6.22. The fraction of sp³-hybridized carbons (Fsp3) is 0.923. The van der Waals surface area contributed by atoms with E-state index >= 15 is 0 Å². The zero-order valence-electron chi connectivity index (χ0n) is 11.0. The Hall–Kier alpha value is -0.380. The van der Waals surface area contributed by atoms with Gasteiger partial charge in [0.2, 0.25) is 11.8 Å². The number of carbonyl (C=O) groups excluding carboxylic acids is 1. The number of carbonyl (C=O) groups is 1. The van der Waals surface area contributed by atoms with Crippen molar-refractivity contribution in [2.45, 2.75) is 57.3 Å².